The summed E-state index contributed by atoms with van der Waals surface area (Å²) in [6.45, 7) is 10.6. The second-order valence-corrected chi connectivity index (χ2v) is 9.23. The molecular weight excluding hydrogens is 386 g/mol. The van der Waals surface area contributed by atoms with E-state index in [9.17, 15) is 4.79 Å². The van der Waals surface area contributed by atoms with Crippen molar-refractivity contribution >= 4 is 11.9 Å². The van der Waals surface area contributed by atoms with Gasteiger partial charge in [0.2, 0.25) is 5.91 Å². The lowest BCUT2D eigenvalue weighted by Gasteiger charge is -2.35. The smallest absolute Gasteiger partial charge is 0.225 e. The standard InChI is InChI=1S/C25H39N5O/c1-2-26-25(30-14-12-23(20-30)21-8-4-3-5-9-21)27-13-15-28-16-18-29(19-17-28)24(31)22-10-6-7-11-22/h3-5,8-9,22-23H,2,6-7,10-20H2,1H3,(H,26,27). The molecule has 1 aromatic rings. The SMILES string of the molecule is CCNC(=NCCN1CCN(C(=O)C2CCCC2)CC1)N1CCC(c2ccccc2)C1. The van der Waals surface area contributed by atoms with Gasteiger partial charge in [-0.25, -0.2) is 0 Å². The third-order valence-corrected chi connectivity index (χ3v) is 7.16. The minimum atomic E-state index is 0.305. The fourth-order valence-electron chi connectivity index (χ4n) is 5.30. The van der Waals surface area contributed by atoms with Gasteiger partial charge in [-0.05, 0) is 31.7 Å². The van der Waals surface area contributed by atoms with E-state index in [1.165, 1.54) is 24.8 Å². The summed E-state index contributed by atoms with van der Waals surface area (Å²) in [6, 6.07) is 10.9. The number of benzene rings is 1. The molecule has 1 amide bonds. The molecule has 2 aliphatic heterocycles. The molecule has 0 aromatic heterocycles. The molecule has 0 radical (unpaired) electrons. The van der Waals surface area contributed by atoms with E-state index in [1.54, 1.807) is 0 Å². The summed E-state index contributed by atoms with van der Waals surface area (Å²) in [4.78, 5) is 24.6. The number of rotatable bonds is 6. The number of hydrogen-bond acceptors (Lipinski definition) is 3. The normalized spacial score (nSPS) is 23.5. The Morgan fingerprint density at radius 3 is 2.45 bits per heavy atom. The van der Waals surface area contributed by atoms with Crippen LogP contribution < -0.4 is 5.32 Å². The number of nitrogens with one attached hydrogen (secondary N) is 1. The van der Waals surface area contributed by atoms with Crippen molar-refractivity contribution in [3.8, 4) is 0 Å². The first-order valence-electron chi connectivity index (χ1n) is 12.3. The van der Waals surface area contributed by atoms with Gasteiger partial charge in [0, 0.05) is 64.2 Å². The molecule has 2 heterocycles. The number of carbonyl (C=O) groups excluding carboxylic acids is 1. The van der Waals surface area contributed by atoms with Gasteiger partial charge in [0.05, 0.1) is 6.54 Å². The van der Waals surface area contributed by atoms with E-state index in [-0.39, 0.29) is 0 Å². The van der Waals surface area contributed by atoms with Crippen molar-refractivity contribution in [2.75, 3.05) is 58.9 Å². The molecule has 1 atom stereocenters. The van der Waals surface area contributed by atoms with Gasteiger partial charge in [0.25, 0.3) is 0 Å². The van der Waals surface area contributed by atoms with Crippen LogP contribution in [0.15, 0.2) is 35.3 Å². The molecule has 31 heavy (non-hydrogen) atoms. The predicted octanol–water partition coefficient (Wildman–Crippen LogP) is 2.78. The molecule has 1 aliphatic carbocycles. The Hall–Kier alpha value is -2.08. The molecule has 0 bridgehead atoms. The highest BCUT2D eigenvalue weighted by atomic mass is 16.2. The third-order valence-electron chi connectivity index (χ3n) is 7.16. The maximum absolute atomic E-state index is 12.6. The number of guanidine groups is 1. The summed E-state index contributed by atoms with van der Waals surface area (Å²) in [7, 11) is 0. The van der Waals surface area contributed by atoms with Crippen molar-refractivity contribution < 1.29 is 4.79 Å². The van der Waals surface area contributed by atoms with Crippen LogP contribution in [0, 0.1) is 5.92 Å². The van der Waals surface area contributed by atoms with Crippen molar-refractivity contribution in [1.82, 2.24) is 20.0 Å². The van der Waals surface area contributed by atoms with E-state index >= 15 is 0 Å². The Morgan fingerprint density at radius 2 is 1.74 bits per heavy atom. The van der Waals surface area contributed by atoms with Crippen molar-refractivity contribution in [3.05, 3.63) is 35.9 Å². The van der Waals surface area contributed by atoms with Gasteiger partial charge in [-0.3, -0.25) is 14.7 Å². The molecule has 4 rings (SSSR count). The molecular formula is C25H39N5O. The summed E-state index contributed by atoms with van der Waals surface area (Å²) >= 11 is 0. The van der Waals surface area contributed by atoms with Crippen molar-refractivity contribution in [2.45, 2.75) is 44.9 Å². The van der Waals surface area contributed by atoms with Gasteiger partial charge >= 0.3 is 0 Å². The van der Waals surface area contributed by atoms with Crippen molar-refractivity contribution in [1.29, 1.82) is 0 Å². The van der Waals surface area contributed by atoms with Crippen LogP contribution in [-0.4, -0.2) is 85.5 Å². The van der Waals surface area contributed by atoms with Gasteiger partial charge in [-0.1, -0.05) is 43.2 Å². The second kappa shape index (κ2) is 11.0. The number of piperazine rings is 1. The number of aliphatic imine (C=N–C) groups is 1. The fraction of sp³-hybridized carbons (Fsp3) is 0.680. The van der Waals surface area contributed by atoms with Crippen LogP contribution in [0.25, 0.3) is 0 Å². The monoisotopic (exact) mass is 425 g/mol. The van der Waals surface area contributed by atoms with Crippen LogP contribution in [0.4, 0.5) is 0 Å². The predicted molar refractivity (Wildman–Crippen MR) is 126 cm³/mol. The summed E-state index contributed by atoms with van der Waals surface area (Å²) in [5.41, 5.74) is 1.44. The molecule has 1 N–H and O–H groups in total. The quantitative estimate of drug-likeness (QED) is 0.563. The molecule has 1 unspecified atom stereocenters. The molecule has 6 nitrogen and oxygen atoms in total. The zero-order valence-corrected chi connectivity index (χ0v) is 19.1. The molecule has 2 saturated heterocycles. The Bertz CT molecular complexity index is 723. The van der Waals surface area contributed by atoms with Crippen LogP contribution in [0.2, 0.25) is 0 Å². The van der Waals surface area contributed by atoms with E-state index in [0.717, 1.165) is 77.7 Å². The maximum atomic E-state index is 12.6. The summed E-state index contributed by atoms with van der Waals surface area (Å²) in [5.74, 6) is 2.36. The second-order valence-electron chi connectivity index (χ2n) is 9.23. The summed E-state index contributed by atoms with van der Waals surface area (Å²) in [5, 5.41) is 3.49. The molecule has 6 heteroatoms. The first kappa shape index (κ1) is 22.1. The molecule has 3 aliphatic rings. The first-order valence-corrected chi connectivity index (χ1v) is 12.3. The van der Waals surface area contributed by atoms with E-state index in [4.69, 9.17) is 4.99 Å². The van der Waals surface area contributed by atoms with E-state index in [2.05, 4.69) is 57.3 Å². The number of carbonyl (C=O) groups is 1. The van der Waals surface area contributed by atoms with Gasteiger partial charge in [0.15, 0.2) is 5.96 Å². The van der Waals surface area contributed by atoms with Crippen LogP contribution >= 0.6 is 0 Å². The van der Waals surface area contributed by atoms with Gasteiger partial charge in [0.1, 0.15) is 0 Å². The minimum absolute atomic E-state index is 0.305. The maximum Gasteiger partial charge on any atom is 0.225 e. The highest BCUT2D eigenvalue weighted by Crippen LogP contribution is 2.28. The highest BCUT2D eigenvalue weighted by Gasteiger charge is 2.29. The lowest BCUT2D eigenvalue weighted by molar-refractivity contribution is -0.137. The highest BCUT2D eigenvalue weighted by molar-refractivity contribution is 5.80. The Labute approximate surface area is 187 Å². The van der Waals surface area contributed by atoms with Crippen LogP contribution in [0.3, 0.4) is 0 Å². The number of amides is 1. The topological polar surface area (TPSA) is 51.2 Å². The van der Waals surface area contributed by atoms with Crippen LogP contribution in [0.5, 0.6) is 0 Å². The average Bonchev–Trinajstić information content (AvgIpc) is 3.52. The lowest BCUT2D eigenvalue weighted by atomic mass is 9.99. The van der Waals surface area contributed by atoms with Crippen molar-refractivity contribution in [3.63, 3.8) is 0 Å². The van der Waals surface area contributed by atoms with Gasteiger partial charge in [-0.15, -0.1) is 0 Å². The molecule has 0 spiro atoms. The third kappa shape index (κ3) is 5.79. The number of nitrogens with zero attached hydrogens (tertiary/aromatic N) is 4. The molecule has 1 saturated carbocycles. The van der Waals surface area contributed by atoms with Gasteiger partial charge in [-0.2, -0.15) is 0 Å². The molecule has 3 fully saturated rings. The zero-order valence-electron chi connectivity index (χ0n) is 19.1. The minimum Gasteiger partial charge on any atom is -0.357 e. The molecule has 170 valence electrons. The van der Waals surface area contributed by atoms with E-state index < -0.39 is 0 Å². The van der Waals surface area contributed by atoms with Crippen LogP contribution in [-0.2, 0) is 4.79 Å². The summed E-state index contributed by atoms with van der Waals surface area (Å²) < 4.78 is 0. The lowest BCUT2D eigenvalue weighted by Crippen LogP contribution is -2.50. The largest absolute Gasteiger partial charge is 0.357 e. The van der Waals surface area contributed by atoms with Crippen LogP contribution in [0.1, 0.15) is 50.5 Å². The Morgan fingerprint density at radius 1 is 1.00 bits per heavy atom. The molecule has 1 aromatic carbocycles. The van der Waals surface area contributed by atoms with E-state index in [1.807, 2.05) is 0 Å². The first-order chi connectivity index (χ1) is 15.2. The number of likely N-dealkylation sites (tertiary alicyclic amines) is 1. The Kier molecular flexibility index (Phi) is 7.84. The van der Waals surface area contributed by atoms with E-state index in [0.29, 0.717) is 17.7 Å². The fourth-order valence-corrected chi connectivity index (χ4v) is 5.30. The number of hydrogen-bond donors (Lipinski definition) is 1. The van der Waals surface area contributed by atoms with Crippen molar-refractivity contribution in [2.24, 2.45) is 10.9 Å². The average molecular weight is 426 g/mol. The summed E-state index contributed by atoms with van der Waals surface area (Å²) in [6.07, 6.45) is 5.84. The van der Waals surface area contributed by atoms with Gasteiger partial charge < -0.3 is 15.1 Å². The zero-order chi connectivity index (χ0) is 21.5. The Balaban J connectivity index is 1.23.